The Labute approximate surface area is 232 Å². The molecule has 3 aliphatic rings. The molecule has 0 spiro atoms. The minimum Gasteiger partial charge on any atom is -0.495 e. The van der Waals surface area contributed by atoms with Crippen molar-refractivity contribution in [3.8, 4) is 5.75 Å². The number of nitrogens with one attached hydrogen (secondary N) is 1. The maximum atomic E-state index is 13.2. The van der Waals surface area contributed by atoms with Gasteiger partial charge >= 0.3 is 6.09 Å². The molecule has 1 aromatic rings. The number of alkyl carbamates (subject to hydrolysis) is 1. The lowest BCUT2D eigenvalue weighted by atomic mass is 9.86. The highest BCUT2D eigenvalue weighted by molar-refractivity contribution is 6.35. The Hall–Kier alpha value is -2.67. The van der Waals surface area contributed by atoms with Crippen LogP contribution in [0.2, 0.25) is 5.02 Å². The summed E-state index contributed by atoms with van der Waals surface area (Å²) in [5.74, 6) is -0.553. The Bertz CT molecular complexity index is 1190. The molecule has 11 nitrogen and oxygen atoms in total. The number of halogens is 1. The summed E-state index contributed by atoms with van der Waals surface area (Å²) in [4.78, 5) is 27.0. The van der Waals surface area contributed by atoms with Gasteiger partial charge in [-0.3, -0.25) is 15.8 Å². The zero-order valence-corrected chi connectivity index (χ0v) is 23.4. The second kappa shape index (κ2) is 11.1. The molecule has 39 heavy (non-hydrogen) atoms. The number of carbonyl (C=O) groups is 2. The van der Waals surface area contributed by atoms with Crippen LogP contribution in [0.5, 0.6) is 5.75 Å². The molecule has 4 rings (SSSR count). The Morgan fingerprint density at radius 1 is 1.28 bits per heavy atom. The summed E-state index contributed by atoms with van der Waals surface area (Å²) < 4.78 is 22.1. The predicted molar refractivity (Wildman–Crippen MR) is 143 cm³/mol. The van der Waals surface area contributed by atoms with Gasteiger partial charge in [0.1, 0.15) is 35.2 Å². The lowest BCUT2D eigenvalue weighted by molar-refractivity contribution is -0.142. The fourth-order valence-electron chi connectivity index (χ4n) is 5.25. The molecule has 2 fully saturated rings. The molecule has 4 bridgehead atoms. The number of nitrogens with two attached hydrogens (primary N) is 1. The van der Waals surface area contributed by atoms with Gasteiger partial charge in [0, 0.05) is 26.5 Å². The van der Waals surface area contributed by atoms with Gasteiger partial charge in [0.15, 0.2) is 11.4 Å². The minimum atomic E-state index is -1.77. The molecule has 3 aliphatic heterocycles. The summed E-state index contributed by atoms with van der Waals surface area (Å²) in [6.45, 7) is 3.67. The third-order valence-electron chi connectivity index (χ3n) is 7.67. The summed E-state index contributed by atoms with van der Waals surface area (Å²) >= 11 is 6.56. The predicted octanol–water partition coefficient (Wildman–Crippen LogP) is 2.01. The quantitative estimate of drug-likeness (QED) is 0.394. The van der Waals surface area contributed by atoms with E-state index in [4.69, 9.17) is 36.3 Å². The number of ether oxygens (including phenoxy) is 4. The summed E-state index contributed by atoms with van der Waals surface area (Å²) in [6, 6.07) is 3.58. The van der Waals surface area contributed by atoms with Crippen LogP contribution >= 0.6 is 11.6 Å². The highest BCUT2D eigenvalue weighted by Gasteiger charge is 2.63. The van der Waals surface area contributed by atoms with Gasteiger partial charge in [0.2, 0.25) is 5.91 Å². The molecule has 214 valence electrons. The van der Waals surface area contributed by atoms with Gasteiger partial charge < -0.3 is 34.1 Å². The SMILES string of the molecule is COc1cc2cc(c1Cl)N(C)C(=O)C[C@H](O)[C@]1(N)O[C@H]1[C@H](C)[C@@H]1C[C@@](O)(NC(=O)O1)[C@H](OC)/C=C/C=C(\C)C2. The molecule has 0 radical (unpaired) electrons. The van der Waals surface area contributed by atoms with Gasteiger partial charge in [0.05, 0.1) is 19.2 Å². The molecule has 0 aromatic heterocycles. The van der Waals surface area contributed by atoms with Gasteiger partial charge in [-0.2, -0.15) is 0 Å². The third-order valence-corrected chi connectivity index (χ3v) is 8.05. The molecule has 3 heterocycles. The van der Waals surface area contributed by atoms with Crippen molar-refractivity contribution in [2.45, 2.75) is 69.0 Å². The summed E-state index contributed by atoms with van der Waals surface area (Å²) in [6.07, 6.45) is 0.771. The highest BCUT2D eigenvalue weighted by atomic mass is 35.5. The average molecular weight is 566 g/mol. The lowest BCUT2D eigenvalue weighted by Gasteiger charge is -2.42. The van der Waals surface area contributed by atoms with E-state index < -0.39 is 53.8 Å². The number of methoxy groups -OCH3 is 2. The van der Waals surface area contributed by atoms with E-state index in [1.807, 2.05) is 13.0 Å². The first kappa shape index (κ1) is 29.3. The number of aliphatic hydroxyl groups excluding tert-OH is 1. The van der Waals surface area contributed by atoms with Gasteiger partial charge in [-0.1, -0.05) is 42.3 Å². The Morgan fingerprint density at radius 2 is 2.00 bits per heavy atom. The fourth-order valence-corrected chi connectivity index (χ4v) is 5.57. The summed E-state index contributed by atoms with van der Waals surface area (Å²) in [5, 5.41) is 25.1. The summed E-state index contributed by atoms with van der Waals surface area (Å²) in [7, 11) is 4.48. The van der Waals surface area contributed by atoms with E-state index in [1.54, 1.807) is 38.3 Å². The van der Waals surface area contributed by atoms with Crippen LogP contribution in [-0.2, 0) is 25.4 Å². The van der Waals surface area contributed by atoms with Crippen LogP contribution in [0.3, 0.4) is 0 Å². The van der Waals surface area contributed by atoms with Crippen molar-refractivity contribution in [3.63, 3.8) is 0 Å². The minimum absolute atomic E-state index is 0.0245. The second-order valence-corrected chi connectivity index (χ2v) is 10.9. The Kier molecular flexibility index (Phi) is 8.32. The molecule has 12 heteroatoms. The largest absolute Gasteiger partial charge is 0.495 e. The number of fused-ring (bicyclic) bond motifs is 5. The number of hydrogen-bond acceptors (Lipinski definition) is 9. The topological polar surface area (TPSA) is 156 Å². The number of nitrogens with zero attached hydrogens (tertiary/aromatic N) is 1. The highest BCUT2D eigenvalue weighted by Crippen LogP contribution is 2.45. The van der Waals surface area contributed by atoms with E-state index in [2.05, 4.69) is 5.32 Å². The van der Waals surface area contributed by atoms with Gasteiger partial charge in [-0.25, -0.2) is 4.79 Å². The molecule has 2 amide bonds. The molecule has 0 aliphatic carbocycles. The number of epoxide rings is 1. The van der Waals surface area contributed by atoms with Gasteiger partial charge in [-0.15, -0.1) is 0 Å². The maximum Gasteiger partial charge on any atom is 0.409 e. The number of allylic oxidation sites excluding steroid dienone is 3. The van der Waals surface area contributed by atoms with Crippen LogP contribution < -0.4 is 20.7 Å². The van der Waals surface area contributed by atoms with E-state index >= 15 is 0 Å². The Morgan fingerprint density at radius 3 is 2.67 bits per heavy atom. The first-order valence-corrected chi connectivity index (χ1v) is 13.1. The number of amides is 2. The molecule has 1 aromatic carbocycles. The standard InChI is InChI=1S/C27H36ClN3O8/c1-14-7-6-8-21(37-5)26(35)13-19(38-25(34)30-26)15(2)24-27(29,39-24)20(32)12-22(33)31(3)17-10-16(9-14)11-18(36-4)23(17)28/h6-8,10-11,15,19-21,24,32,35H,9,12-13,29H2,1-5H3,(H,30,34)/b8-6+,14-7+/t15-,19+,20+,21-,24+,26+,27+/m1/s1. The Balaban J connectivity index is 1.74. The van der Waals surface area contributed by atoms with Crippen LogP contribution in [-0.4, -0.2) is 79.3 Å². The van der Waals surface area contributed by atoms with E-state index in [1.165, 1.54) is 19.1 Å². The molecule has 7 atom stereocenters. The maximum absolute atomic E-state index is 13.2. The van der Waals surface area contributed by atoms with Crippen LogP contribution in [0.15, 0.2) is 35.9 Å². The molecule has 0 unspecified atom stereocenters. The van der Waals surface area contributed by atoms with E-state index in [0.717, 1.165) is 11.1 Å². The van der Waals surface area contributed by atoms with E-state index in [-0.39, 0.29) is 17.9 Å². The van der Waals surface area contributed by atoms with Crippen molar-refractivity contribution in [2.75, 3.05) is 26.2 Å². The number of benzene rings is 1. The van der Waals surface area contributed by atoms with Crippen LogP contribution in [0, 0.1) is 5.92 Å². The number of carbonyl (C=O) groups excluding carboxylic acids is 2. The van der Waals surface area contributed by atoms with Gasteiger partial charge in [-0.05, 0) is 31.0 Å². The van der Waals surface area contributed by atoms with Crippen molar-refractivity contribution < 1.29 is 38.7 Å². The smallest absolute Gasteiger partial charge is 0.409 e. The average Bonchev–Trinajstić information content (AvgIpc) is 3.58. The van der Waals surface area contributed by atoms with Crippen LogP contribution in [0.1, 0.15) is 32.3 Å². The first-order valence-electron chi connectivity index (χ1n) is 12.7. The second-order valence-electron chi connectivity index (χ2n) is 10.5. The molecule has 2 saturated heterocycles. The molecular formula is C27H36ClN3O8. The number of hydrogen-bond donors (Lipinski definition) is 4. The van der Waals surface area contributed by atoms with Crippen LogP contribution in [0.4, 0.5) is 10.5 Å². The monoisotopic (exact) mass is 565 g/mol. The molecule has 0 saturated carbocycles. The van der Waals surface area contributed by atoms with Crippen molar-refractivity contribution in [1.29, 1.82) is 0 Å². The lowest BCUT2D eigenvalue weighted by Crippen LogP contribution is -2.63. The van der Waals surface area contributed by atoms with Crippen molar-refractivity contribution in [3.05, 3.63) is 46.5 Å². The zero-order chi connectivity index (χ0) is 28.7. The van der Waals surface area contributed by atoms with Crippen LogP contribution in [0.25, 0.3) is 0 Å². The van der Waals surface area contributed by atoms with Crippen molar-refractivity contribution >= 4 is 29.3 Å². The number of aliphatic hydroxyl groups is 2. The number of rotatable bonds is 2. The molecular weight excluding hydrogens is 530 g/mol. The first-order chi connectivity index (χ1) is 18.3. The fraction of sp³-hybridized carbons (Fsp3) is 0.556. The van der Waals surface area contributed by atoms with E-state index in [9.17, 15) is 19.8 Å². The van der Waals surface area contributed by atoms with Crippen molar-refractivity contribution in [1.82, 2.24) is 5.32 Å². The number of anilines is 1. The normalized spacial score (nSPS) is 37.6. The third kappa shape index (κ3) is 5.79. The zero-order valence-electron chi connectivity index (χ0n) is 22.6. The summed E-state index contributed by atoms with van der Waals surface area (Å²) in [5.41, 5.74) is 5.26. The van der Waals surface area contributed by atoms with E-state index in [0.29, 0.717) is 17.9 Å². The van der Waals surface area contributed by atoms with Crippen molar-refractivity contribution in [2.24, 2.45) is 11.7 Å². The molecule has 5 N–H and O–H groups in total. The van der Waals surface area contributed by atoms with Gasteiger partial charge in [0.25, 0.3) is 0 Å².